The number of nitrogens with two attached hydrogens (primary N) is 1. The monoisotopic (exact) mass is 233 g/mol. The van der Waals surface area contributed by atoms with E-state index in [1.54, 1.807) is 0 Å². The molecule has 0 aliphatic carbocycles. The Balaban J connectivity index is 3.28. The van der Waals surface area contributed by atoms with Crippen molar-refractivity contribution in [3.05, 3.63) is 33.9 Å². The van der Waals surface area contributed by atoms with E-state index in [0.717, 1.165) is 12.1 Å². The molecule has 0 saturated carbocycles. The van der Waals surface area contributed by atoms with Gasteiger partial charge in [0.15, 0.2) is 0 Å². The second-order valence-electron chi connectivity index (χ2n) is 2.90. The highest BCUT2D eigenvalue weighted by molar-refractivity contribution is 6.06. The van der Waals surface area contributed by atoms with Crippen molar-refractivity contribution < 1.29 is 18.1 Å². The third-order valence-corrected chi connectivity index (χ3v) is 1.80. The van der Waals surface area contributed by atoms with E-state index in [9.17, 15) is 23.3 Å². The summed E-state index contributed by atoms with van der Waals surface area (Å²) in [4.78, 5) is 9.50. The minimum absolute atomic E-state index is 0.326. The number of alkyl halides is 3. The van der Waals surface area contributed by atoms with Gasteiger partial charge in [0.25, 0.3) is 5.69 Å². The molecule has 86 valence electrons. The van der Waals surface area contributed by atoms with Crippen LogP contribution in [0.3, 0.4) is 0 Å². The number of hydrogen-bond acceptors (Lipinski definition) is 4. The number of halogens is 3. The fraction of sp³-hybridized carbons (Fsp3) is 0.125. The van der Waals surface area contributed by atoms with Crippen LogP contribution in [0.2, 0.25) is 0 Å². The minimum atomic E-state index is -4.89. The third kappa shape index (κ3) is 2.27. The van der Waals surface area contributed by atoms with Crippen LogP contribution in [-0.2, 0) is 0 Å². The van der Waals surface area contributed by atoms with Gasteiger partial charge in [0.2, 0.25) is 0 Å². The highest BCUT2D eigenvalue weighted by atomic mass is 19.4. The summed E-state index contributed by atoms with van der Waals surface area (Å²) >= 11 is 0. The van der Waals surface area contributed by atoms with E-state index < -0.39 is 28.1 Å². The van der Waals surface area contributed by atoms with Crippen LogP contribution in [0, 0.1) is 15.5 Å². The molecule has 1 aromatic rings. The van der Waals surface area contributed by atoms with Crippen molar-refractivity contribution in [2.75, 3.05) is 5.73 Å². The molecule has 0 heterocycles. The molecule has 0 bridgehead atoms. The number of anilines is 1. The van der Waals surface area contributed by atoms with Crippen LogP contribution < -0.4 is 5.73 Å². The first kappa shape index (κ1) is 12.0. The van der Waals surface area contributed by atoms with Crippen molar-refractivity contribution in [3.63, 3.8) is 0 Å². The number of nitrogens with zero attached hydrogens (tertiary/aromatic N) is 1. The van der Waals surface area contributed by atoms with Crippen LogP contribution >= 0.6 is 0 Å². The average Bonchev–Trinajstić information content (AvgIpc) is 2.15. The molecule has 16 heavy (non-hydrogen) atoms. The molecule has 0 atom stereocenters. The molecular formula is C8H6F3N3O2. The van der Waals surface area contributed by atoms with E-state index >= 15 is 0 Å². The highest BCUT2D eigenvalue weighted by Crippen LogP contribution is 2.27. The molecule has 1 rings (SSSR count). The zero-order chi connectivity index (χ0) is 12.5. The molecule has 8 heteroatoms. The van der Waals surface area contributed by atoms with E-state index in [-0.39, 0.29) is 5.69 Å². The van der Waals surface area contributed by atoms with E-state index in [4.69, 9.17) is 11.1 Å². The quantitative estimate of drug-likeness (QED) is 0.354. The van der Waals surface area contributed by atoms with Gasteiger partial charge in [0.1, 0.15) is 5.71 Å². The maximum absolute atomic E-state index is 12.2. The van der Waals surface area contributed by atoms with Crippen molar-refractivity contribution in [2.24, 2.45) is 0 Å². The lowest BCUT2D eigenvalue weighted by Crippen LogP contribution is -2.23. The predicted molar refractivity (Wildman–Crippen MR) is 50.4 cm³/mol. The summed E-state index contributed by atoms with van der Waals surface area (Å²) in [5, 5.41) is 17.2. The Morgan fingerprint density at radius 3 is 2.44 bits per heavy atom. The van der Waals surface area contributed by atoms with Crippen molar-refractivity contribution in [1.82, 2.24) is 0 Å². The molecule has 0 unspecified atom stereocenters. The second-order valence-corrected chi connectivity index (χ2v) is 2.90. The molecule has 0 aliphatic rings. The van der Waals surface area contributed by atoms with Crippen molar-refractivity contribution in [3.8, 4) is 0 Å². The zero-order valence-electron chi connectivity index (χ0n) is 7.71. The predicted octanol–water partition coefficient (Wildman–Crippen LogP) is 2.11. The van der Waals surface area contributed by atoms with Crippen LogP contribution in [-0.4, -0.2) is 16.8 Å². The average molecular weight is 233 g/mol. The van der Waals surface area contributed by atoms with E-state index in [1.807, 2.05) is 0 Å². The molecule has 0 radical (unpaired) electrons. The maximum atomic E-state index is 12.2. The Labute approximate surface area is 87.3 Å². The molecule has 0 aliphatic heterocycles. The second kappa shape index (κ2) is 3.80. The topological polar surface area (TPSA) is 93.0 Å². The van der Waals surface area contributed by atoms with Gasteiger partial charge < -0.3 is 5.73 Å². The standard InChI is InChI=1S/C8H6F3N3O2/c9-8(10,11)7(13)5-3-4(14(15)16)1-2-6(5)12/h1-3,13H,12H2. The van der Waals surface area contributed by atoms with E-state index in [1.165, 1.54) is 0 Å². The summed E-state index contributed by atoms with van der Waals surface area (Å²) in [5.41, 5.74) is 1.96. The van der Waals surface area contributed by atoms with Gasteiger partial charge >= 0.3 is 6.18 Å². The van der Waals surface area contributed by atoms with E-state index in [2.05, 4.69) is 0 Å². The van der Waals surface area contributed by atoms with Gasteiger partial charge in [-0.2, -0.15) is 13.2 Å². The van der Waals surface area contributed by atoms with Crippen LogP contribution in [0.1, 0.15) is 5.56 Å². The van der Waals surface area contributed by atoms with Gasteiger partial charge in [-0.1, -0.05) is 0 Å². The highest BCUT2D eigenvalue weighted by Gasteiger charge is 2.36. The number of benzene rings is 1. The molecule has 0 aromatic heterocycles. The number of nitrogen functional groups attached to an aromatic ring is 1. The lowest BCUT2D eigenvalue weighted by molar-refractivity contribution is -0.384. The molecule has 1 aromatic carbocycles. The number of nitrogens with one attached hydrogen (secondary N) is 1. The first-order chi connectivity index (χ1) is 7.23. The summed E-state index contributed by atoms with van der Waals surface area (Å²) < 4.78 is 36.6. The van der Waals surface area contributed by atoms with Gasteiger partial charge in [0.05, 0.1) is 4.92 Å². The molecule has 3 N–H and O–H groups in total. The summed E-state index contributed by atoms with van der Waals surface area (Å²) in [6.45, 7) is 0. The maximum Gasteiger partial charge on any atom is 0.433 e. The first-order valence-corrected chi connectivity index (χ1v) is 3.93. The number of nitro benzene ring substituents is 1. The number of rotatable bonds is 2. The van der Waals surface area contributed by atoms with Crippen LogP contribution in [0.25, 0.3) is 0 Å². The third-order valence-electron chi connectivity index (χ3n) is 1.80. The Kier molecular flexibility index (Phi) is 2.84. The van der Waals surface area contributed by atoms with Gasteiger partial charge in [-0.25, -0.2) is 0 Å². The molecular weight excluding hydrogens is 227 g/mol. The summed E-state index contributed by atoms with van der Waals surface area (Å²) in [7, 11) is 0. The SMILES string of the molecule is N=C(c1cc([N+](=O)[O-])ccc1N)C(F)(F)F. The van der Waals surface area contributed by atoms with Crippen molar-refractivity contribution in [1.29, 1.82) is 5.41 Å². The van der Waals surface area contributed by atoms with Crippen LogP contribution in [0.5, 0.6) is 0 Å². The molecule has 0 amide bonds. The lowest BCUT2D eigenvalue weighted by Gasteiger charge is -2.10. The normalized spacial score (nSPS) is 11.2. The minimum Gasteiger partial charge on any atom is -0.398 e. The van der Waals surface area contributed by atoms with Crippen molar-refractivity contribution in [2.45, 2.75) is 6.18 Å². The summed E-state index contributed by atoms with van der Waals surface area (Å²) in [6, 6.07) is 2.57. The Bertz CT molecular complexity index is 456. The fourth-order valence-corrected chi connectivity index (χ4v) is 1.03. The van der Waals surface area contributed by atoms with Gasteiger partial charge in [-0.15, -0.1) is 0 Å². The van der Waals surface area contributed by atoms with Gasteiger partial charge in [-0.3, -0.25) is 15.5 Å². The number of nitro groups is 1. The molecule has 0 saturated heterocycles. The van der Waals surface area contributed by atoms with Crippen LogP contribution in [0.4, 0.5) is 24.5 Å². The largest absolute Gasteiger partial charge is 0.433 e. The Morgan fingerprint density at radius 2 is 2.00 bits per heavy atom. The molecule has 0 spiro atoms. The van der Waals surface area contributed by atoms with E-state index in [0.29, 0.717) is 6.07 Å². The first-order valence-electron chi connectivity index (χ1n) is 3.93. The lowest BCUT2D eigenvalue weighted by atomic mass is 10.1. The smallest absolute Gasteiger partial charge is 0.398 e. The summed E-state index contributed by atoms with van der Waals surface area (Å²) in [5.74, 6) is 0. The fourth-order valence-electron chi connectivity index (χ4n) is 1.03. The number of hydrogen-bond donors (Lipinski definition) is 2. The van der Waals surface area contributed by atoms with Crippen molar-refractivity contribution >= 4 is 17.1 Å². The zero-order valence-corrected chi connectivity index (χ0v) is 7.71. The number of non-ortho nitro benzene ring substituents is 1. The summed E-state index contributed by atoms with van der Waals surface area (Å²) in [6.07, 6.45) is -4.89. The molecule has 0 fully saturated rings. The molecule has 5 nitrogen and oxygen atoms in total. The van der Waals surface area contributed by atoms with Gasteiger partial charge in [0, 0.05) is 23.4 Å². The Hall–Kier alpha value is -2.12. The Morgan fingerprint density at radius 1 is 1.44 bits per heavy atom. The van der Waals surface area contributed by atoms with Gasteiger partial charge in [-0.05, 0) is 6.07 Å². The van der Waals surface area contributed by atoms with Crippen LogP contribution in [0.15, 0.2) is 18.2 Å².